The lowest BCUT2D eigenvalue weighted by molar-refractivity contribution is -0.0269. The van der Waals surface area contributed by atoms with Gasteiger partial charge >= 0.3 is 0 Å². The number of hydrogen-bond acceptors (Lipinski definition) is 3. The SMILES string of the molecule is [CH]C1CC2OCC=CN2N1. The Kier molecular flexibility index (Phi) is 1.39. The van der Waals surface area contributed by atoms with Crippen molar-refractivity contribution in [3.8, 4) is 0 Å². The van der Waals surface area contributed by atoms with Crippen molar-refractivity contribution in [3.05, 3.63) is 19.2 Å². The number of nitrogens with one attached hydrogen (secondary N) is 1. The van der Waals surface area contributed by atoms with Crippen LogP contribution in [-0.4, -0.2) is 23.9 Å². The highest BCUT2D eigenvalue weighted by Crippen LogP contribution is 2.17. The van der Waals surface area contributed by atoms with Gasteiger partial charge in [0.2, 0.25) is 0 Å². The number of fused-ring (bicyclic) bond motifs is 1. The van der Waals surface area contributed by atoms with Gasteiger partial charge in [-0.2, -0.15) is 0 Å². The molecule has 0 aromatic rings. The average Bonchev–Trinajstić information content (AvgIpc) is 2.27. The first kappa shape index (κ1) is 6.19. The maximum absolute atomic E-state index is 5.63. The average molecular weight is 138 g/mol. The summed E-state index contributed by atoms with van der Waals surface area (Å²) in [5.74, 6) is 0. The molecule has 1 saturated heterocycles. The molecule has 2 heterocycles. The summed E-state index contributed by atoms with van der Waals surface area (Å²) < 4.78 is 5.37. The Hall–Kier alpha value is -0.540. The Morgan fingerprint density at radius 2 is 2.60 bits per heavy atom. The van der Waals surface area contributed by atoms with Gasteiger partial charge in [0.15, 0.2) is 0 Å². The Morgan fingerprint density at radius 1 is 1.70 bits per heavy atom. The van der Waals surface area contributed by atoms with Crippen LogP contribution in [0.15, 0.2) is 12.3 Å². The summed E-state index contributed by atoms with van der Waals surface area (Å²) in [6, 6.07) is 0.0488. The van der Waals surface area contributed by atoms with Crippen LogP contribution < -0.4 is 5.43 Å². The van der Waals surface area contributed by atoms with E-state index >= 15 is 0 Å². The molecule has 0 amide bonds. The van der Waals surface area contributed by atoms with Crippen molar-refractivity contribution in [3.63, 3.8) is 0 Å². The molecule has 2 rings (SSSR count). The van der Waals surface area contributed by atoms with E-state index in [1.807, 2.05) is 17.3 Å². The fraction of sp³-hybridized carbons (Fsp3) is 0.571. The number of nitrogens with zero attached hydrogens (tertiary/aromatic N) is 1. The van der Waals surface area contributed by atoms with Crippen LogP contribution in [0.25, 0.3) is 0 Å². The van der Waals surface area contributed by atoms with Crippen molar-refractivity contribution in [1.82, 2.24) is 10.4 Å². The lowest BCUT2D eigenvalue weighted by Gasteiger charge is -2.25. The third-order valence-corrected chi connectivity index (χ3v) is 1.73. The van der Waals surface area contributed by atoms with Crippen LogP contribution in [-0.2, 0) is 4.74 Å². The molecule has 2 radical (unpaired) electrons. The van der Waals surface area contributed by atoms with Crippen LogP contribution in [0, 0.1) is 6.92 Å². The lowest BCUT2D eigenvalue weighted by atomic mass is 10.2. The minimum absolute atomic E-state index is 0.0488. The van der Waals surface area contributed by atoms with Crippen LogP contribution in [0.5, 0.6) is 0 Å². The van der Waals surface area contributed by atoms with Gasteiger partial charge in [0.25, 0.3) is 0 Å². The van der Waals surface area contributed by atoms with Crippen LogP contribution in [0.2, 0.25) is 0 Å². The van der Waals surface area contributed by atoms with E-state index in [4.69, 9.17) is 11.7 Å². The zero-order chi connectivity index (χ0) is 6.97. The van der Waals surface area contributed by atoms with Crippen molar-refractivity contribution in [2.45, 2.75) is 18.7 Å². The number of hydrazine groups is 1. The Balaban J connectivity index is 2.08. The van der Waals surface area contributed by atoms with Crippen LogP contribution in [0.1, 0.15) is 6.42 Å². The van der Waals surface area contributed by atoms with E-state index in [1.54, 1.807) is 0 Å². The molecule has 0 aliphatic carbocycles. The molecular weight excluding hydrogens is 128 g/mol. The fourth-order valence-corrected chi connectivity index (χ4v) is 1.27. The van der Waals surface area contributed by atoms with Gasteiger partial charge in [-0.05, 0) is 13.0 Å². The van der Waals surface area contributed by atoms with E-state index in [9.17, 15) is 0 Å². The van der Waals surface area contributed by atoms with E-state index in [0.717, 1.165) is 6.42 Å². The van der Waals surface area contributed by atoms with Crippen LogP contribution in [0.4, 0.5) is 0 Å². The van der Waals surface area contributed by atoms with Crippen molar-refractivity contribution in [2.24, 2.45) is 0 Å². The molecular formula is C7H10N2O. The summed E-state index contributed by atoms with van der Waals surface area (Å²) in [5.41, 5.74) is 3.06. The first-order valence-electron chi connectivity index (χ1n) is 3.44. The van der Waals surface area contributed by atoms with Gasteiger partial charge in [0, 0.05) is 18.7 Å². The predicted octanol–water partition coefficient (Wildman–Crippen LogP) is 0.146. The van der Waals surface area contributed by atoms with Gasteiger partial charge in [0.05, 0.1) is 6.61 Å². The quantitative estimate of drug-likeness (QED) is 0.515. The number of hydrogen-bond donors (Lipinski definition) is 1. The van der Waals surface area contributed by atoms with Gasteiger partial charge in [-0.3, -0.25) is 5.01 Å². The predicted molar refractivity (Wildman–Crippen MR) is 36.6 cm³/mol. The molecule has 2 aliphatic heterocycles. The normalized spacial score (nSPS) is 38.3. The molecule has 2 unspecified atom stereocenters. The standard InChI is InChI=1S/C7H10N2O/c1-6-5-7-9(8-6)3-2-4-10-7/h1-3,6-8H,4-5H2. The van der Waals surface area contributed by atoms with E-state index < -0.39 is 0 Å². The molecule has 2 atom stereocenters. The molecule has 0 spiro atoms. The second kappa shape index (κ2) is 2.25. The van der Waals surface area contributed by atoms with Crippen molar-refractivity contribution < 1.29 is 4.74 Å². The maximum atomic E-state index is 5.63. The summed E-state index contributed by atoms with van der Waals surface area (Å²) in [6.45, 7) is 6.33. The Morgan fingerprint density at radius 3 is 3.40 bits per heavy atom. The summed E-state index contributed by atoms with van der Waals surface area (Å²) >= 11 is 0. The van der Waals surface area contributed by atoms with Crippen LogP contribution in [0.3, 0.4) is 0 Å². The molecule has 10 heavy (non-hydrogen) atoms. The minimum Gasteiger partial charge on any atom is -0.353 e. The molecule has 3 heteroatoms. The number of ether oxygens (including phenoxy) is 1. The maximum Gasteiger partial charge on any atom is 0.145 e. The third kappa shape index (κ3) is 0.914. The first-order chi connectivity index (χ1) is 4.86. The summed E-state index contributed by atoms with van der Waals surface area (Å²) in [6.07, 6.45) is 4.95. The van der Waals surface area contributed by atoms with Gasteiger partial charge < -0.3 is 4.74 Å². The Labute approximate surface area is 60.6 Å². The van der Waals surface area contributed by atoms with Gasteiger partial charge in [-0.1, -0.05) is 0 Å². The highest BCUT2D eigenvalue weighted by atomic mass is 16.5. The molecule has 3 nitrogen and oxygen atoms in total. The van der Waals surface area contributed by atoms with Gasteiger partial charge in [-0.25, -0.2) is 5.43 Å². The van der Waals surface area contributed by atoms with Gasteiger partial charge in [-0.15, -0.1) is 0 Å². The molecule has 1 N–H and O–H groups in total. The fourth-order valence-electron chi connectivity index (χ4n) is 1.27. The molecule has 2 aliphatic rings. The summed E-state index contributed by atoms with van der Waals surface area (Å²) in [4.78, 5) is 0. The highest BCUT2D eigenvalue weighted by molar-refractivity contribution is 4.93. The van der Waals surface area contributed by atoms with Crippen molar-refractivity contribution >= 4 is 0 Å². The molecule has 0 aromatic carbocycles. The highest BCUT2D eigenvalue weighted by Gasteiger charge is 2.28. The second-order valence-corrected chi connectivity index (χ2v) is 2.55. The monoisotopic (exact) mass is 138 g/mol. The van der Waals surface area contributed by atoms with E-state index in [2.05, 4.69) is 5.43 Å². The third-order valence-electron chi connectivity index (χ3n) is 1.73. The minimum atomic E-state index is 0.0488. The molecule has 54 valence electrons. The zero-order valence-corrected chi connectivity index (χ0v) is 5.66. The first-order valence-corrected chi connectivity index (χ1v) is 3.44. The van der Waals surface area contributed by atoms with Crippen molar-refractivity contribution in [1.29, 1.82) is 0 Å². The lowest BCUT2D eigenvalue weighted by Crippen LogP contribution is -2.37. The smallest absolute Gasteiger partial charge is 0.145 e. The van der Waals surface area contributed by atoms with Crippen molar-refractivity contribution in [2.75, 3.05) is 6.61 Å². The summed E-state index contributed by atoms with van der Waals surface area (Å²) in [7, 11) is 0. The molecule has 0 aromatic heterocycles. The molecule has 0 bridgehead atoms. The topological polar surface area (TPSA) is 24.5 Å². The van der Waals surface area contributed by atoms with E-state index in [-0.39, 0.29) is 12.3 Å². The van der Waals surface area contributed by atoms with Crippen LogP contribution >= 0.6 is 0 Å². The Bertz CT molecular complexity index is 158. The second-order valence-electron chi connectivity index (χ2n) is 2.55. The molecule has 0 saturated carbocycles. The van der Waals surface area contributed by atoms with E-state index in [1.165, 1.54) is 0 Å². The number of rotatable bonds is 0. The summed E-state index contributed by atoms with van der Waals surface area (Å²) in [5, 5.41) is 1.91. The molecule has 1 fully saturated rings. The van der Waals surface area contributed by atoms with E-state index in [0.29, 0.717) is 6.61 Å². The zero-order valence-electron chi connectivity index (χ0n) is 5.66. The van der Waals surface area contributed by atoms with Gasteiger partial charge in [0.1, 0.15) is 6.23 Å². The largest absolute Gasteiger partial charge is 0.353 e.